The van der Waals surface area contributed by atoms with E-state index in [1.165, 1.54) is 0 Å². The molecule has 0 amide bonds. The normalized spacial score (nSPS) is 14.3. The third-order valence-corrected chi connectivity index (χ3v) is 4.74. The summed E-state index contributed by atoms with van der Waals surface area (Å²) in [5.41, 5.74) is 1.79. The van der Waals surface area contributed by atoms with Gasteiger partial charge in [-0.25, -0.2) is 0 Å². The first-order valence-corrected chi connectivity index (χ1v) is 8.64. The Morgan fingerprint density at radius 3 is 1.89 bits per heavy atom. The third-order valence-electron chi connectivity index (χ3n) is 3.12. The van der Waals surface area contributed by atoms with Crippen LogP contribution < -0.4 is 9.20 Å². The van der Waals surface area contributed by atoms with E-state index in [4.69, 9.17) is 4.74 Å². The van der Waals surface area contributed by atoms with Crippen molar-refractivity contribution >= 4 is 18.6 Å². The number of ether oxygens (including phenoxy) is 1. The second-order valence-electron chi connectivity index (χ2n) is 6.80. The molecule has 1 aromatic carbocycles. The van der Waals surface area contributed by atoms with E-state index in [1.807, 2.05) is 32.9 Å². The Kier molecular flexibility index (Phi) is 4.61. The SMILES string of the molecule is COc1cc(C(C)(C)C)cc(C(C)(C)C)c1[Se](=O)O. The van der Waals surface area contributed by atoms with Crippen molar-refractivity contribution in [3.63, 3.8) is 0 Å². The van der Waals surface area contributed by atoms with Crippen LogP contribution in [-0.2, 0) is 14.7 Å². The molecule has 4 heteroatoms. The van der Waals surface area contributed by atoms with Crippen molar-refractivity contribution in [1.82, 2.24) is 0 Å². The molecule has 0 spiro atoms. The Hall–Kier alpha value is -0.701. The zero-order valence-corrected chi connectivity index (χ0v) is 14.5. The minimum absolute atomic E-state index is 0.0281. The molecule has 3 nitrogen and oxygen atoms in total. The molecule has 1 rings (SSSR count). The van der Waals surface area contributed by atoms with Gasteiger partial charge in [0, 0.05) is 0 Å². The molecule has 0 aromatic heterocycles. The summed E-state index contributed by atoms with van der Waals surface area (Å²) in [5.74, 6) is 0.528. The molecule has 0 bridgehead atoms. The molecule has 1 N–H and O–H groups in total. The summed E-state index contributed by atoms with van der Waals surface area (Å²) in [7, 11) is 1.55. The molecule has 0 saturated heterocycles. The molecule has 0 fully saturated rings. The predicted molar refractivity (Wildman–Crippen MR) is 78.7 cm³/mol. The van der Waals surface area contributed by atoms with Crippen LogP contribution in [0.5, 0.6) is 5.75 Å². The van der Waals surface area contributed by atoms with Crippen molar-refractivity contribution in [2.45, 2.75) is 52.4 Å². The molecule has 0 radical (unpaired) electrons. The van der Waals surface area contributed by atoms with Crippen LogP contribution in [0.1, 0.15) is 52.7 Å². The van der Waals surface area contributed by atoms with Gasteiger partial charge in [-0.3, -0.25) is 0 Å². The summed E-state index contributed by atoms with van der Waals surface area (Å²) < 4.78 is 27.2. The van der Waals surface area contributed by atoms with E-state index in [0.29, 0.717) is 10.2 Å². The van der Waals surface area contributed by atoms with Gasteiger partial charge in [0.05, 0.1) is 0 Å². The molecule has 1 atom stereocenters. The fourth-order valence-electron chi connectivity index (χ4n) is 1.92. The minimum atomic E-state index is -3.04. The van der Waals surface area contributed by atoms with Gasteiger partial charge in [-0.2, -0.15) is 0 Å². The van der Waals surface area contributed by atoms with Crippen LogP contribution in [-0.4, -0.2) is 25.5 Å². The first kappa shape index (κ1) is 16.4. The molecule has 1 unspecified atom stereocenters. The van der Waals surface area contributed by atoms with Crippen molar-refractivity contribution in [2.24, 2.45) is 0 Å². The molecule has 0 heterocycles. The van der Waals surface area contributed by atoms with Gasteiger partial charge in [-0.15, -0.1) is 0 Å². The number of methoxy groups -OCH3 is 1. The number of hydrogen-bond acceptors (Lipinski definition) is 2. The van der Waals surface area contributed by atoms with Crippen LogP contribution in [0.15, 0.2) is 12.1 Å². The first-order chi connectivity index (χ1) is 8.48. The van der Waals surface area contributed by atoms with Crippen molar-refractivity contribution in [3.8, 4) is 5.75 Å². The Morgan fingerprint density at radius 2 is 1.58 bits per heavy atom. The number of rotatable bonds is 2. The van der Waals surface area contributed by atoms with E-state index in [1.54, 1.807) is 7.11 Å². The Morgan fingerprint density at radius 1 is 1.05 bits per heavy atom. The standard InChI is InChI=1S/C15H24O3Se/c1-14(2,3)10-8-11(15(4,5)6)13(19(16)17)12(9-10)18-7/h8-9H,1-7H3,(H,16,17). The first-order valence-electron chi connectivity index (χ1n) is 6.32. The van der Waals surface area contributed by atoms with Gasteiger partial charge in [0.15, 0.2) is 0 Å². The molecular weight excluding hydrogens is 307 g/mol. The van der Waals surface area contributed by atoms with Crippen molar-refractivity contribution in [2.75, 3.05) is 7.11 Å². The summed E-state index contributed by atoms with van der Waals surface area (Å²) >= 11 is -3.04. The molecule has 0 aliphatic rings. The predicted octanol–water partition coefficient (Wildman–Crippen LogP) is 2.41. The zero-order chi connectivity index (χ0) is 15.0. The van der Waals surface area contributed by atoms with Crippen LogP contribution in [0.2, 0.25) is 0 Å². The Labute approximate surface area is 120 Å². The van der Waals surface area contributed by atoms with E-state index < -0.39 is 14.2 Å². The average Bonchev–Trinajstić information content (AvgIpc) is 2.24. The molecule has 19 heavy (non-hydrogen) atoms. The van der Waals surface area contributed by atoms with Gasteiger partial charge in [0.25, 0.3) is 0 Å². The second kappa shape index (κ2) is 5.35. The van der Waals surface area contributed by atoms with E-state index in [0.717, 1.165) is 11.1 Å². The molecular formula is C15H24O3Se. The zero-order valence-electron chi connectivity index (χ0n) is 12.8. The fraction of sp³-hybridized carbons (Fsp3) is 0.600. The van der Waals surface area contributed by atoms with Gasteiger partial charge in [-0.05, 0) is 0 Å². The van der Waals surface area contributed by atoms with Gasteiger partial charge in [-0.1, -0.05) is 0 Å². The maximum atomic E-state index is 11.7. The molecule has 0 aliphatic carbocycles. The van der Waals surface area contributed by atoms with Crippen LogP contribution in [0.4, 0.5) is 0 Å². The summed E-state index contributed by atoms with van der Waals surface area (Å²) in [6.45, 7) is 12.5. The summed E-state index contributed by atoms with van der Waals surface area (Å²) in [5, 5.41) is 0. The summed E-state index contributed by atoms with van der Waals surface area (Å²) in [6, 6.07) is 3.93. The third kappa shape index (κ3) is 3.65. The Bertz CT molecular complexity index is 493. The summed E-state index contributed by atoms with van der Waals surface area (Å²) in [4.78, 5) is 0. The quantitative estimate of drug-likeness (QED) is 0.847. The van der Waals surface area contributed by atoms with Crippen LogP contribution in [0, 0.1) is 0 Å². The molecule has 0 saturated carbocycles. The summed E-state index contributed by atoms with van der Waals surface area (Å²) in [6.07, 6.45) is 0. The molecule has 0 aliphatic heterocycles. The van der Waals surface area contributed by atoms with Crippen LogP contribution in [0.25, 0.3) is 0 Å². The van der Waals surface area contributed by atoms with Gasteiger partial charge >= 0.3 is 120 Å². The fourth-order valence-corrected chi connectivity index (χ4v) is 3.74. The van der Waals surface area contributed by atoms with Crippen molar-refractivity contribution < 1.29 is 12.8 Å². The second-order valence-corrected chi connectivity index (χ2v) is 8.71. The topological polar surface area (TPSA) is 46.5 Å². The molecule has 1 aromatic rings. The van der Waals surface area contributed by atoms with Crippen LogP contribution in [0.3, 0.4) is 0 Å². The molecule has 108 valence electrons. The number of hydrogen-bond donors (Lipinski definition) is 1. The maximum absolute atomic E-state index is 11.7. The Balaban J connectivity index is 3.70. The van der Waals surface area contributed by atoms with Gasteiger partial charge in [0.2, 0.25) is 0 Å². The monoisotopic (exact) mass is 332 g/mol. The van der Waals surface area contributed by atoms with Crippen molar-refractivity contribution in [3.05, 3.63) is 23.3 Å². The van der Waals surface area contributed by atoms with E-state index in [-0.39, 0.29) is 10.8 Å². The van der Waals surface area contributed by atoms with Gasteiger partial charge in [0.1, 0.15) is 0 Å². The van der Waals surface area contributed by atoms with E-state index in [9.17, 15) is 8.02 Å². The van der Waals surface area contributed by atoms with E-state index in [2.05, 4.69) is 20.8 Å². The average molecular weight is 331 g/mol. The van der Waals surface area contributed by atoms with E-state index >= 15 is 0 Å². The van der Waals surface area contributed by atoms with Crippen LogP contribution >= 0.6 is 0 Å². The number of benzene rings is 1. The van der Waals surface area contributed by atoms with Gasteiger partial charge < -0.3 is 0 Å². The van der Waals surface area contributed by atoms with Crippen molar-refractivity contribution in [1.29, 1.82) is 0 Å².